The first-order valence-corrected chi connectivity index (χ1v) is 11.0. The Morgan fingerprint density at radius 3 is 2.18 bits per heavy atom. The maximum Gasteiger partial charge on any atom is 0.340 e. The van der Waals surface area contributed by atoms with E-state index >= 15 is 0 Å². The summed E-state index contributed by atoms with van der Waals surface area (Å²) in [6, 6.07) is 14.0. The second kappa shape index (κ2) is 8.78. The molecule has 6 heteroatoms. The Bertz CT molecular complexity index is 1380. The van der Waals surface area contributed by atoms with Gasteiger partial charge in [0.2, 0.25) is 0 Å². The number of ether oxygens (including phenoxy) is 1. The molecule has 1 aliphatic rings. The Morgan fingerprint density at radius 1 is 0.912 bits per heavy atom. The van der Waals surface area contributed by atoms with E-state index in [2.05, 4.69) is 0 Å². The Balaban J connectivity index is 1.85. The standard InChI is InChI=1S/C28H27FN2O3/c1-16-7-10-24(13-17(16)2)31-20(5)26(28(33)34-6)25(27(31)32)15-21-14-18(3)30(19(21)4)23-11-8-22(29)9-12-23/h7-15H,1-6H3/b25-15-. The fourth-order valence-corrected chi connectivity index (χ4v) is 4.43. The molecule has 0 fully saturated rings. The van der Waals surface area contributed by atoms with Gasteiger partial charge < -0.3 is 9.30 Å². The van der Waals surface area contributed by atoms with Gasteiger partial charge in [-0.15, -0.1) is 0 Å². The highest BCUT2D eigenvalue weighted by molar-refractivity contribution is 6.23. The number of allylic oxidation sites excluding steroid dienone is 1. The molecular weight excluding hydrogens is 431 g/mol. The number of aryl methyl sites for hydroxylation is 3. The van der Waals surface area contributed by atoms with Crippen molar-refractivity contribution in [1.82, 2.24) is 4.57 Å². The summed E-state index contributed by atoms with van der Waals surface area (Å²) >= 11 is 0. The van der Waals surface area contributed by atoms with Gasteiger partial charge in [0.1, 0.15) is 5.82 Å². The van der Waals surface area contributed by atoms with Crippen molar-refractivity contribution in [2.45, 2.75) is 34.6 Å². The molecule has 1 aliphatic heterocycles. The van der Waals surface area contributed by atoms with Crippen LogP contribution in [-0.2, 0) is 14.3 Å². The minimum absolute atomic E-state index is 0.248. The highest BCUT2D eigenvalue weighted by Crippen LogP contribution is 2.37. The maximum absolute atomic E-state index is 13.6. The molecule has 0 radical (unpaired) electrons. The summed E-state index contributed by atoms with van der Waals surface area (Å²) in [5.74, 6) is -1.15. The van der Waals surface area contributed by atoms with Gasteiger partial charge in [-0.3, -0.25) is 9.69 Å². The van der Waals surface area contributed by atoms with E-state index in [0.717, 1.165) is 33.8 Å². The van der Waals surface area contributed by atoms with Crippen LogP contribution in [0.4, 0.5) is 10.1 Å². The van der Waals surface area contributed by atoms with Gasteiger partial charge >= 0.3 is 5.97 Å². The molecule has 34 heavy (non-hydrogen) atoms. The summed E-state index contributed by atoms with van der Waals surface area (Å²) in [6.07, 6.45) is 1.74. The van der Waals surface area contributed by atoms with E-state index in [4.69, 9.17) is 4.74 Å². The van der Waals surface area contributed by atoms with E-state index in [-0.39, 0.29) is 22.9 Å². The van der Waals surface area contributed by atoms with Gasteiger partial charge in [-0.05, 0) is 99.8 Å². The lowest BCUT2D eigenvalue weighted by Gasteiger charge is -2.19. The second-order valence-corrected chi connectivity index (χ2v) is 8.56. The Kier molecular flexibility index (Phi) is 6.00. The number of carbonyl (C=O) groups is 2. The van der Waals surface area contributed by atoms with Crippen molar-refractivity contribution in [3.63, 3.8) is 0 Å². The van der Waals surface area contributed by atoms with Crippen LogP contribution in [0.1, 0.15) is 35.0 Å². The molecule has 174 valence electrons. The maximum atomic E-state index is 13.6. The Hall–Kier alpha value is -3.93. The third-order valence-electron chi connectivity index (χ3n) is 6.39. The number of rotatable bonds is 4. The molecule has 0 bridgehead atoms. The van der Waals surface area contributed by atoms with Crippen LogP contribution in [-0.4, -0.2) is 23.6 Å². The topological polar surface area (TPSA) is 51.5 Å². The number of hydrogen-bond donors (Lipinski definition) is 0. The van der Waals surface area contributed by atoms with E-state index in [9.17, 15) is 14.0 Å². The van der Waals surface area contributed by atoms with E-state index in [1.165, 1.54) is 19.2 Å². The van der Waals surface area contributed by atoms with Crippen LogP contribution in [0.3, 0.4) is 0 Å². The molecule has 0 spiro atoms. The van der Waals surface area contributed by atoms with Crippen molar-refractivity contribution in [1.29, 1.82) is 0 Å². The largest absolute Gasteiger partial charge is 0.465 e. The van der Waals surface area contributed by atoms with Gasteiger partial charge in [0.25, 0.3) is 5.91 Å². The molecule has 2 aromatic carbocycles. The van der Waals surface area contributed by atoms with Crippen molar-refractivity contribution in [3.8, 4) is 5.69 Å². The average Bonchev–Trinajstić information content (AvgIpc) is 3.22. The molecule has 0 atom stereocenters. The quantitative estimate of drug-likeness (QED) is 0.371. The highest BCUT2D eigenvalue weighted by Gasteiger charge is 2.38. The summed E-state index contributed by atoms with van der Waals surface area (Å²) < 4.78 is 20.4. The number of carbonyl (C=O) groups excluding carboxylic acids is 2. The number of halogens is 1. The van der Waals surface area contributed by atoms with Gasteiger partial charge in [-0.2, -0.15) is 0 Å². The first-order valence-electron chi connectivity index (χ1n) is 11.0. The zero-order valence-corrected chi connectivity index (χ0v) is 20.2. The lowest BCUT2D eigenvalue weighted by Crippen LogP contribution is -2.24. The number of anilines is 1. The molecule has 1 amide bonds. The lowest BCUT2D eigenvalue weighted by atomic mass is 10.0. The van der Waals surface area contributed by atoms with Gasteiger partial charge in [-0.1, -0.05) is 6.07 Å². The van der Waals surface area contributed by atoms with Gasteiger partial charge in [0, 0.05) is 28.5 Å². The summed E-state index contributed by atoms with van der Waals surface area (Å²) in [7, 11) is 1.31. The molecular formula is C28H27FN2O3. The lowest BCUT2D eigenvalue weighted by molar-refractivity contribution is -0.136. The number of esters is 1. The number of methoxy groups -OCH3 is 1. The normalized spacial score (nSPS) is 15.0. The van der Waals surface area contributed by atoms with Crippen LogP contribution in [0.5, 0.6) is 0 Å². The van der Waals surface area contributed by atoms with Crippen LogP contribution in [0, 0.1) is 33.5 Å². The Labute approximate surface area is 198 Å². The average molecular weight is 459 g/mol. The van der Waals surface area contributed by atoms with Crippen molar-refractivity contribution >= 4 is 23.6 Å². The number of aromatic nitrogens is 1. The first kappa shape index (κ1) is 23.2. The molecule has 0 unspecified atom stereocenters. The molecule has 4 rings (SSSR count). The third kappa shape index (κ3) is 3.85. The molecule has 0 N–H and O–H groups in total. The fraction of sp³-hybridized carbons (Fsp3) is 0.214. The zero-order chi connectivity index (χ0) is 24.7. The minimum atomic E-state index is -0.559. The predicted molar refractivity (Wildman–Crippen MR) is 131 cm³/mol. The smallest absolute Gasteiger partial charge is 0.340 e. The number of nitrogens with zero attached hydrogens (tertiary/aromatic N) is 2. The monoisotopic (exact) mass is 458 g/mol. The summed E-state index contributed by atoms with van der Waals surface area (Å²) in [5, 5.41) is 0. The first-order chi connectivity index (χ1) is 16.1. The van der Waals surface area contributed by atoms with Crippen LogP contribution in [0.2, 0.25) is 0 Å². The predicted octanol–water partition coefficient (Wildman–Crippen LogP) is 5.73. The molecule has 0 aliphatic carbocycles. The van der Waals surface area contributed by atoms with E-state index < -0.39 is 5.97 Å². The van der Waals surface area contributed by atoms with E-state index in [0.29, 0.717) is 11.4 Å². The molecule has 2 heterocycles. The van der Waals surface area contributed by atoms with Crippen molar-refractivity contribution in [3.05, 3.63) is 99.3 Å². The zero-order valence-electron chi connectivity index (χ0n) is 20.2. The summed E-state index contributed by atoms with van der Waals surface area (Å²) in [4.78, 5) is 27.9. The third-order valence-corrected chi connectivity index (χ3v) is 6.39. The van der Waals surface area contributed by atoms with Gasteiger partial charge in [0.05, 0.1) is 18.3 Å². The van der Waals surface area contributed by atoms with Crippen molar-refractivity contribution < 1.29 is 18.7 Å². The molecule has 5 nitrogen and oxygen atoms in total. The van der Waals surface area contributed by atoms with E-state index in [1.807, 2.05) is 56.5 Å². The summed E-state index contributed by atoms with van der Waals surface area (Å²) in [6.45, 7) is 9.62. The van der Waals surface area contributed by atoms with Crippen molar-refractivity contribution in [2.24, 2.45) is 0 Å². The highest BCUT2D eigenvalue weighted by atomic mass is 19.1. The van der Waals surface area contributed by atoms with E-state index in [1.54, 1.807) is 30.0 Å². The molecule has 0 saturated carbocycles. The number of amides is 1. The number of benzene rings is 2. The van der Waals surface area contributed by atoms with Gasteiger partial charge in [-0.25, -0.2) is 9.18 Å². The summed E-state index contributed by atoms with van der Waals surface area (Å²) in [5.41, 5.74) is 7.33. The van der Waals surface area contributed by atoms with Crippen LogP contribution >= 0.6 is 0 Å². The Morgan fingerprint density at radius 2 is 1.56 bits per heavy atom. The molecule has 3 aromatic rings. The second-order valence-electron chi connectivity index (χ2n) is 8.56. The van der Waals surface area contributed by atoms with Crippen LogP contribution in [0.15, 0.2) is 65.4 Å². The fourth-order valence-electron chi connectivity index (χ4n) is 4.43. The van der Waals surface area contributed by atoms with Crippen LogP contribution in [0.25, 0.3) is 11.8 Å². The van der Waals surface area contributed by atoms with Crippen molar-refractivity contribution in [2.75, 3.05) is 12.0 Å². The molecule has 1 aromatic heterocycles. The molecule has 0 saturated heterocycles. The van der Waals surface area contributed by atoms with Gasteiger partial charge in [0.15, 0.2) is 0 Å². The van der Waals surface area contributed by atoms with Crippen LogP contribution < -0.4 is 4.90 Å². The SMILES string of the molecule is COC(=O)C1=C(C)N(c2ccc(C)c(C)c2)C(=O)/C1=C\c1cc(C)n(-c2ccc(F)cc2)c1C. The number of hydrogen-bond acceptors (Lipinski definition) is 3. The minimum Gasteiger partial charge on any atom is -0.465 e.